The highest BCUT2D eigenvalue weighted by atomic mass is 32.2. The summed E-state index contributed by atoms with van der Waals surface area (Å²) in [5.74, 6) is -17.6. The smallest absolute Gasteiger partial charge is 0.305 e. The Kier molecular flexibility index (Phi) is 38.1. The number of aliphatic carboxylic acids is 1. The van der Waals surface area contributed by atoms with Gasteiger partial charge in [0.05, 0.1) is 31.8 Å². The molecule has 36 nitrogen and oxygen atoms in total. The topological polar surface area (TPSA) is 513 Å². The van der Waals surface area contributed by atoms with Crippen molar-refractivity contribution in [2.75, 3.05) is 66.4 Å². The summed E-state index contributed by atoms with van der Waals surface area (Å²) < 4.78 is 0. The van der Waals surface area contributed by atoms with Crippen LogP contribution in [0.1, 0.15) is 100 Å². The molecule has 2 aromatic heterocycles. The average Bonchev–Trinajstić information content (AvgIpc) is 1.50. The Morgan fingerprint density at radius 1 is 0.481 bits per heavy atom. The molecule has 0 aliphatic carbocycles. The van der Waals surface area contributed by atoms with Crippen molar-refractivity contribution in [2.24, 2.45) is 17.6 Å². The van der Waals surface area contributed by atoms with E-state index in [1.807, 2.05) is 6.92 Å². The lowest BCUT2D eigenvalue weighted by Crippen LogP contribution is -2.61. The van der Waals surface area contributed by atoms with Crippen LogP contribution >= 0.6 is 11.8 Å². The van der Waals surface area contributed by atoms with Gasteiger partial charge in [-0.05, 0) is 94.5 Å². The number of aromatic hydroxyl groups is 2. The molecule has 1 saturated heterocycles. The van der Waals surface area contributed by atoms with E-state index in [0.717, 1.165) is 26.5 Å². The summed E-state index contributed by atoms with van der Waals surface area (Å²) in [5.41, 5.74) is 8.78. The minimum atomic E-state index is -1.91. The fourth-order valence-corrected chi connectivity index (χ4v) is 15.7. The molecule has 15 N–H and O–H groups in total. The summed E-state index contributed by atoms with van der Waals surface area (Å²) in [6.45, 7) is 6.14. The SMILES string of the molecule is CCCC[C@H]1C(=O)N(C)CC(=O)N[C@@H](CC(=O)O)C(=O)N[C@@H](C(C)C)C(=O)N(C)[C@@H](Cc2ccccc2)C(=O)N[C@@H](Cc2ccc(O)cc2)C(=O)N(C)CC(=O)NC(Cc2c[nH]c3ncccc23)C(=O)N[C@@H](Cc2ccc(O)cc2)C(=O)N[C@@H](CC(C)C)C(=O)N[C@H](C(=O)NCC(N)=O)CSCC(=O)N[C@@H](Cc2ccccc2)C(=O)N(C)[C@@H](Cc2ccccc2)C(=O)N1C. The Morgan fingerprint density at radius 2 is 0.938 bits per heavy atom. The highest BCUT2D eigenvalue weighted by Crippen LogP contribution is 2.24. The quantitative estimate of drug-likeness (QED) is 0.0433. The van der Waals surface area contributed by atoms with Gasteiger partial charge >= 0.3 is 5.97 Å². The van der Waals surface area contributed by atoms with Gasteiger partial charge in [0.15, 0.2) is 0 Å². The van der Waals surface area contributed by atoms with Gasteiger partial charge in [0, 0.05) is 97.3 Å². The third-order valence-corrected chi connectivity index (χ3v) is 23.0. The van der Waals surface area contributed by atoms with Gasteiger partial charge in [0.1, 0.15) is 83.6 Å². The number of carbonyl (C=O) groups is 16. The molecule has 7 aromatic rings. The molecule has 129 heavy (non-hydrogen) atoms. The fourth-order valence-electron chi connectivity index (χ4n) is 14.8. The second kappa shape index (κ2) is 48.8. The maximum atomic E-state index is 15.5. The predicted octanol–water partition coefficient (Wildman–Crippen LogP) is 1.72. The van der Waals surface area contributed by atoms with Gasteiger partial charge in [-0.1, -0.05) is 163 Å². The highest BCUT2D eigenvalue weighted by Gasteiger charge is 2.42. The number of nitrogens with two attached hydrogens (primary N) is 1. The van der Waals surface area contributed by atoms with Gasteiger partial charge in [0.25, 0.3) is 0 Å². The number of hydrogen-bond donors (Lipinski definition) is 14. The van der Waals surface area contributed by atoms with E-state index in [4.69, 9.17) is 5.73 Å². The lowest BCUT2D eigenvalue weighted by Gasteiger charge is -2.37. The van der Waals surface area contributed by atoms with Crippen LogP contribution in [0.3, 0.4) is 0 Å². The first kappa shape index (κ1) is 101. The first-order chi connectivity index (χ1) is 61.4. The number of carboxylic acid groups (broad SMARTS) is 1. The zero-order chi connectivity index (χ0) is 94.3. The number of amides is 15. The minimum absolute atomic E-state index is 0.0286. The van der Waals surface area contributed by atoms with Crippen LogP contribution in [0.2, 0.25) is 0 Å². The number of H-pyrrole nitrogens is 1. The van der Waals surface area contributed by atoms with Crippen molar-refractivity contribution in [3.05, 3.63) is 197 Å². The zero-order valence-electron chi connectivity index (χ0n) is 74.0. The van der Waals surface area contributed by atoms with Crippen LogP contribution in [-0.2, 0) is 115 Å². The fraction of sp³-hybridized carbons (Fsp3) is 0.424. The molecule has 5 aromatic carbocycles. The van der Waals surface area contributed by atoms with Crippen LogP contribution in [-0.4, -0.2) is 277 Å². The maximum absolute atomic E-state index is 15.5. The van der Waals surface area contributed by atoms with Crippen molar-refractivity contribution in [1.82, 2.24) is 82.3 Å². The number of thioether (sulfide) groups is 1. The van der Waals surface area contributed by atoms with Gasteiger partial charge in [-0.15, -0.1) is 11.8 Å². The first-order valence-electron chi connectivity index (χ1n) is 42.5. The van der Waals surface area contributed by atoms with Gasteiger partial charge in [-0.3, -0.25) is 76.7 Å². The number of hydrogen-bond acceptors (Lipinski definition) is 20. The molecule has 1 fully saturated rings. The van der Waals surface area contributed by atoms with E-state index in [1.165, 1.54) is 99.8 Å². The van der Waals surface area contributed by atoms with Crippen LogP contribution in [0.25, 0.3) is 11.0 Å². The number of phenols is 2. The molecular weight excluding hydrogens is 1680 g/mol. The van der Waals surface area contributed by atoms with Crippen LogP contribution in [0.15, 0.2) is 164 Å². The average molecular weight is 1800 g/mol. The van der Waals surface area contributed by atoms with Crippen LogP contribution in [0.4, 0.5) is 0 Å². The second-order valence-electron chi connectivity index (χ2n) is 32.9. The number of rotatable bonds is 23. The Hall–Kier alpha value is -13.7. The molecular formula is C92H117N17O19S. The number of benzene rings is 5. The van der Waals surface area contributed by atoms with Gasteiger partial charge in [0.2, 0.25) is 88.6 Å². The van der Waals surface area contributed by atoms with E-state index >= 15 is 33.6 Å². The second-order valence-corrected chi connectivity index (χ2v) is 33.9. The van der Waals surface area contributed by atoms with Gasteiger partial charge in [-0.2, -0.15) is 0 Å². The number of aromatic nitrogens is 2. The van der Waals surface area contributed by atoms with E-state index in [0.29, 0.717) is 57.3 Å². The molecule has 0 radical (unpaired) electrons. The molecule has 0 spiro atoms. The molecule has 690 valence electrons. The highest BCUT2D eigenvalue weighted by molar-refractivity contribution is 8.00. The van der Waals surface area contributed by atoms with E-state index in [9.17, 15) is 58.5 Å². The summed E-state index contributed by atoms with van der Waals surface area (Å²) in [4.78, 5) is 248. The summed E-state index contributed by atoms with van der Waals surface area (Å²) in [5, 5.41) is 55.4. The molecule has 15 amide bonds. The van der Waals surface area contributed by atoms with Crippen molar-refractivity contribution >= 4 is 117 Å². The van der Waals surface area contributed by atoms with Crippen LogP contribution in [0.5, 0.6) is 11.5 Å². The number of primary amides is 1. The summed E-state index contributed by atoms with van der Waals surface area (Å²) in [6.07, 6.45) is 1.48. The normalized spacial score (nSPS) is 21.9. The predicted molar refractivity (Wildman–Crippen MR) is 480 cm³/mol. The number of nitrogens with one attached hydrogen (secondary N) is 10. The zero-order valence-corrected chi connectivity index (χ0v) is 74.8. The van der Waals surface area contributed by atoms with E-state index < -0.39 is 199 Å². The number of phenolic OH excluding ortho intramolecular Hbond substituents is 2. The Balaban J connectivity index is 1.21. The Labute approximate surface area is 752 Å². The molecule has 0 bridgehead atoms. The maximum Gasteiger partial charge on any atom is 0.305 e. The number of pyridine rings is 1. The minimum Gasteiger partial charge on any atom is -0.508 e. The van der Waals surface area contributed by atoms with Gasteiger partial charge < -0.3 is 98.4 Å². The lowest BCUT2D eigenvalue weighted by atomic mass is 9.98. The molecule has 1 unspecified atom stereocenters. The number of nitrogens with zero attached hydrogens (tertiary/aromatic N) is 6. The third kappa shape index (κ3) is 30.5. The van der Waals surface area contributed by atoms with Crippen molar-refractivity contribution in [1.29, 1.82) is 0 Å². The molecule has 37 heteroatoms. The van der Waals surface area contributed by atoms with Crippen molar-refractivity contribution in [3.63, 3.8) is 0 Å². The van der Waals surface area contributed by atoms with Crippen LogP contribution in [0, 0.1) is 11.8 Å². The number of carboxylic acids is 1. The summed E-state index contributed by atoms with van der Waals surface area (Å²) in [6, 6.07) is 23.4. The largest absolute Gasteiger partial charge is 0.508 e. The van der Waals surface area contributed by atoms with E-state index in [-0.39, 0.29) is 74.5 Å². The first-order valence-corrected chi connectivity index (χ1v) is 43.7. The van der Waals surface area contributed by atoms with Crippen LogP contribution < -0.4 is 53.6 Å². The van der Waals surface area contributed by atoms with Gasteiger partial charge in [-0.25, -0.2) is 4.98 Å². The standard InChI is InChI=1S/C92H117N17O19S/c1-11-12-30-72-90(126)106(7)51-77(114)98-68(47-79(116)117)86(122)104-80(55(4)5)92(128)108(9)73(44-57-25-18-14-19-26-57)87(123)102-69(43-60-33-37-63(111)38-34-60)88(124)105(6)50-76(113)97-67(46-61-48-95-81-64(61)29-22-39-94-81)85(121)101-66(41-59-31-35-62(110)36-32-59)84(120)100-65(40-54(2)3)83(119)103-71(82(118)96-49-75(93)112)52-129-53-78(115)99-70(42-56-23-16-13-17-24-56)89(125)109(10)74(91(127)107(72)8)45-58-27-20-15-21-28-58/h13-29,31-39,48,54-55,65-74,80,110-111H,11-12,30,40-47,49-53H2,1-10H3,(H2,93,112)(H,94,95)(H,96,118)(H,97,113)(H,98,114)(H,99,115)(H,100,120)(H,101,121)(H,102,123)(H,103,119)(H,104,122)(H,116,117)/t65-,66-,67?,68-,69-,70-,71-,72-,73-,74-,80-/m0/s1. The number of likely N-dealkylation sites (N-methyl/N-ethyl adjacent to an activating group) is 5. The van der Waals surface area contributed by atoms with E-state index in [2.05, 4.69) is 57.8 Å². The van der Waals surface area contributed by atoms with E-state index in [1.54, 1.807) is 137 Å². The lowest BCUT2D eigenvalue weighted by molar-refractivity contribution is -0.151. The number of carbonyl (C=O) groups excluding carboxylic acids is 15. The van der Waals surface area contributed by atoms with Crippen molar-refractivity contribution < 1.29 is 92.0 Å². The number of aromatic amines is 1. The Morgan fingerprint density at radius 3 is 1.47 bits per heavy atom. The van der Waals surface area contributed by atoms with Crippen molar-refractivity contribution in [3.8, 4) is 11.5 Å². The summed E-state index contributed by atoms with van der Waals surface area (Å²) in [7, 11) is 6.52. The molecule has 1 aliphatic heterocycles. The molecule has 3 heterocycles. The number of unbranched alkanes of at least 4 members (excludes halogenated alkanes) is 1. The third-order valence-electron chi connectivity index (χ3n) is 21.9. The molecule has 1 aliphatic rings. The number of fused-ring (bicyclic) bond motifs is 1. The molecule has 0 saturated carbocycles. The summed E-state index contributed by atoms with van der Waals surface area (Å²) >= 11 is 0.826. The Bertz CT molecular complexity index is 5070. The van der Waals surface area contributed by atoms with Crippen molar-refractivity contribution in [2.45, 2.75) is 172 Å². The monoisotopic (exact) mass is 1800 g/mol. The molecule has 11 atom stereocenters. The molecule has 8 rings (SSSR count).